The number of fused-ring (bicyclic) bond motifs is 3. The van der Waals surface area contributed by atoms with E-state index in [4.69, 9.17) is 9.15 Å². The fourth-order valence-corrected chi connectivity index (χ4v) is 3.59. The maximum atomic E-state index is 12.3. The molecule has 0 spiro atoms. The van der Waals surface area contributed by atoms with Crippen molar-refractivity contribution in [3.05, 3.63) is 41.8 Å². The lowest BCUT2D eigenvalue weighted by Gasteiger charge is -2.11. The lowest BCUT2D eigenvalue weighted by Crippen LogP contribution is -2.22. The summed E-state index contributed by atoms with van der Waals surface area (Å²) in [6.45, 7) is 4.94. The highest BCUT2D eigenvalue weighted by molar-refractivity contribution is 5.91. The van der Waals surface area contributed by atoms with Gasteiger partial charge < -0.3 is 14.5 Å². The van der Waals surface area contributed by atoms with Gasteiger partial charge in [-0.05, 0) is 43.4 Å². The van der Waals surface area contributed by atoms with Crippen molar-refractivity contribution in [2.24, 2.45) is 5.92 Å². The van der Waals surface area contributed by atoms with Gasteiger partial charge >= 0.3 is 0 Å². The van der Waals surface area contributed by atoms with Crippen molar-refractivity contribution in [3.63, 3.8) is 0 Å². The summed E-state index contributed by atoms with van der Waals surface area (Å²) in [5.74, 6) is 2.72. The average Bonchev–Trinajstić information content (AvgIpc) is 3.23. The van der Waals surface area contributed by atoms with E-state index in [0.717, 1.165) is 36.1 Å². The number of aryl methyl sites for hydroxylation is 2. The van der Waals surface area contributed by atoms with Crippen molar-refractivity contribution in [3.8, 4) is 5.75 Å². The number of hydrogen-bond acceptors (Lipinski definition) is 4. The summed E-state index contributed by atoms with van der Waals surface area (Å²) in [6, 6.07) is 7.57. The van der Waals surface area contributed by atoms with Crippen molar-refractivity contribution in [2.45, 2.75) is 46.1 Å². The number of hydrogen-bond donors (Lipinski definition) is 1. The molecule has 0 fully saturated rings. The zero-order valence-corrected chi connectivity index (χ0v) is 15.8. The Bertz CT molecular complexity index is 955. The van der Waals surface area contributed by atoms with Crippen LogP contribution >= 0.6 is 0 Å². The number of anilines is 1. The molecule has 3 aromatic rings. The number of nitrogens with zero attached hydrogens (tertiary/aromatic N) is 2. The third kappa shape index (κ3) is 3.84. The van der Waals surface area contributed by atoms with Gasteiger partial charge in [-0.15, -0.1) is 0 Å². The molecule has 0 saturated carbocycles. The van der Waals surface area contributed by atoms with Crippen molar-refractivity contribution in [2.75, 3.05) is 11.9 Å². The van der Waals surface area contributed by atoms with E-state index in [-0.39, 0.29) is 12.5 Å². The average molecular weight is 367 g/mol. The van der Waals surface area contributed by atoms with Crippen LogP contribution in [0.25, 0.3) is 11.0 Å². The van der Waals surface area contributed by atoms with Gasteiger partial charge in [-0.25, -0.2) is 4.68 Å². The summed E-state index contributed by atoms with van der Waals surface area (Å²) in [7, 11) is 0. The zero-order chi connectivity index (χ0) is 18.8. The molecule has 6 heteroatoms. The highest BCUT2D eigenvalue weighted by atomic mass is 16.5. The van der Waals surface area contributed by atoms with Crippen molar-refractivity contribution >= 4 is 22.7 Å². The smallest absolute Gasteiger partial charge is 0.263 e. The largest absolute Gasteiger partial charge is 0.484 e. The summed E-state index contributed by atoms with van der Waals surface area (Å²) in [6.07, 6.45) is 6.12. The van der Waals surface area contributed by atoms with E-state index in [1.54, 1.807) is 16.9 Å². The Morgan fingerprint density at radius 3 is 3.00 bits per heavy atom. The molecule has 4 rings (SSSR count). The lowest BCUT2D eigenvalue weighted by molar-refractivity contribution is -0.118. The van der Waals surface area contributed by atoms with Gasteiger partial charge in [0.15, 0.2) is 6.61 Å². The van der Waals surface area contributed by atoms with Crippen LogP contribution in [0.5, 0.6) is 5.75 Å². The second-order valence-corrected chi connectivity index (χ2v) is 7.50. The number of rotatable bonds is 6. The van der Waals surface area contributed by atoms with Crippen LogP contribution < -0.4 is 10.1 Å². The minimum absolute atomic E-state index is 0.0432. The highest BCUT2D eigenvalue weighted by Gasteiger charge is 2.18. The van der Waals surface area contributed by atoms with Gasteiger partial charge in [0.05, 0.1) is 6.20 Å². The predicted octanol–water partition coefficient (Wildman–Crippen LogP) is 4.18. The number of benzene rings is 1. The van der Waals surface area contributed by atoms with Gasteiger partial charge in [0.2, 0.25) is 0 Å². The summed E-state index contributed by atoms with van der Waals surface area (Å²) in [5, 5.41) is 8.22. The van der Waals surface area contributed by atoms with Crippen LogP contribution in [0.15, 0.2) is 34.9 Å². The highest BCUT2D eigenvalue weighted by Crippen LogP contribution is 2.33. The first-order chi connectivity index (χ1) is 13.1. The normalized spacial score (nSPS) is 13.7. The number of aromatic nitrogens is 2. The molecule has 1 aromatic carbocycles. The van der Waals surface area contributed by atoms with E-state index in [1.807, 2.05) is 18.2 Å². The van der Waals surface area contributed by atoms with Gasteiger partial charge in [-0.2, -0.15) is 5.10 Å². The molecule has 27 heavy (non-hydrogen) atoms. The fraction of sp³-hybridized carbons (Fsp3) is 0.429. The van der Waals surface area contributed by atoms with Crippen LogP contribution in [0, 0.1) is 5.92 Å². The molecule has 0 unspecified atom stereocenters. The molecule has 0 aliphatic heterocycles. The first-order valence-corrected chi connectivity index (χ1v) is 9.59. The molecule has 1 aliphatic rings. The number of nitrogens with one attached hydrogen (secondary N) is 1. The van der Waals surface area contributed by atoms with Gasteiger partial charge in [0.1, 0.15) is 22.9 Å². The molecular weight excluding hydrogens is 342 g/mol. The Hall–Kier alpha value is -2.76. The van der Waals surface area contributed by atoms with E-state index < -0.39 is 0 Å². The summed E-state index contributed by atoms with van der Waals surface area (Å²) in [4.78, 5) is 12.3. The van der Waals surface area contributed by atoms with Crippen LogP contribution in [-0.2, 0) is 24.2 Å². The van der Waals surface area contributed by atoms with Crippen molar-refractivity contribution < 1.29 is 13.9 Å². The molecule has 2 aromatic heterocycles. The van der Waals surface area contributed by atoms with Crippen LogP contribution in [0.1, 0.15) is 38.0 Å². The van der Waals surface area contributed by atoms with E-state index in [2.05, 4.69) is 24.3 Å². The van der Waals surface area contributed by atoms with E-state index in [9.17, 15) is 4.79 Å². The number of ether oxygens (including phenoxy) is 1. The molecule has 0 bridgehead atoms. The quantitative estimate of drug-likeness (QED) is 0.709. The number of carbonyl (C=O) groups is 1. The van der Waals surface area contributed by atoms with Crippen molar-refractivity contribution in [1.29, 1.82) is 0 Å². The Morgan fingerprint density at radius 1 is 1.30 bits per heavy atom. The van der Waals surface area contributed by atoms with Crippen LogP contribution in [0.3, 0.4) is 0 Å². The maximum Gasteiger partial charge on any atom is 0.263 e. The molecule has 2 heterocycles. The maximum absolute atomic E-state index is 12.3. The minimum atomic E-state index is -0.199. The van der Waals surface area contributed by atoms with Crippen LogP contribution in [0.2, 0.25) is 0 Å². The van der Waals surface area contributed by atoms with Gasteiger partial charge in [-0.3, -0.25) is 4.79 Å². The molecule has 6 nitrogen and oxygen atoms in total. The molecule has 1 amide bonds. The topological polar surface area (TPSA) is 69.3 Å². The lowest BCUT2D eigenvalue weighted by atomic mass is 9.96. The Balaban J connectivity index is 1.41. The summed E-state index contributed by atoms with van der Waals surface area (Å²) < 4.78 is 13.5. The SMILES string of the molecule is CC(C)Cn1nccc1NC(=O)COc1ccc2oc3c(c2c1)CCCC3. The van der Waals surface area contributed by atoms with Crippen LogP contribution in [0.4, 0.5) is 5.82 Å². The third-order valence-corrected chi connectivity index (χ3v) is 4.82. The summed E-state index contributed by atoms with van der Waals surface area (Å²) >= 11 is 0. The molecule has 0 saturated heterocycles. The molecule has 0 atom stereocenters. The second-order valence-electron chi connectivity index (χ2n) is 7.50. The number of amides is 1. The Kier molecular flexibility index (Phi) is 4.88. The number of carbonyl (C=O) groups excluding carboxylic acids is 1. The van der Waals surface area contributed by atoms with Gasteiger partial charge in [-0.1, -0.05) is 13.8 Å². The monoisotopic (exact) mass is 367 g/mol. The van der Waals surface area contributed by atoms with Crippen LogP contribution in [-0.4, -0.2) is 22.3 Å². The second kappa shape index (κ2) is 7.47. The molecule has 0 radical (unpaired) electrons. The standard InChI is InChI=1S/C21H25N3O3/c1-14(2)12-24-20(9-10-22-24)23-21(25)13-26-15-7-8-19-17(11-15)16-5-3-4-6-18(16)27-19/h7-11,14H,3-6,12-13H2,1-2H3,(H,23,25). The molecule has 142 valence electrons. The predicted molar refractivity (Wildman–Crippen MR) is 104 cm³/mol. The molecule has 1 N–H and O–H groups in total. The van der Waals surface area contributed by atoms with E-state index in [1.165, 1.54) is 18.4 Å². The van der Waals surface area contributed by atoms with Crippen molar-refractivity contribution in [1.82, 2.24) is 9.78 Å². The number of furan rings is 1. The fourth-order valence-electron chi connectivity index (χ4n) is 3.59. The first-order valence-electron chi connectivity index (χ1n) is 9.59. The molecular formula is C21H25N3O3. The first kappa shape index (κ1) is 17.6. The third-order valence-electron chi connectivity index (χ3n) is 4.82. The zero-order valence-electron chi connectivity index (χ0n) is 15.8. The molecule has 1 aliphatic carbocycles. The van der Waals surface area contributed by atoms with Gasteiger partial charge in [0, 0.05) is 30.0 Å². The summed E-state index contributed by atoms with van der Waals surface area (Å²) in [5.41, 5.74) is 2.19. The Morgan fingerprint density at radius 2 is 2.15 bits per heavy atom. The Labute approximate surface area is 158 Å². The minimum Gasteiger partial charge on any atom is -0.484 e. The van der Waals surface area contributed by atoms with E-state index in [0.29, 0.717) is 17.5 Å². The van der Waals surface area contributed by atoms with E-state index >= 15 is 0 Å². The van der Waals surface area contributed by atoms with Gasteiger partial charge in [0.25, 0.3) is 5.91 Å².